The molecule has 0 unspecified atom stereocenters. The molecule has 0 aliphatic heterocycles. The molecule has 1 atom stereocenters. The number of aryl methyl sites for hydroxylation is 1. The molecule has 1 aromatic carbocycles. The summed E-state index contributed by atoms with van der Waals surface area (Å²) in [6.45, 7) is 5.72. The Hall–Kier alpha value is -1.35. The van der Waals surface area contributed by atoms with Crippen LogP contribution in [0.3, 0.4) is 0 Å². The van der Waals surface area contributed by atoms with E-state index in [1.807, 2.05) is 13.8 Å². The molecule has 2 N–H and O–H groups in total. The van der Waals surface area contributed by atoms with Crippen LogP contribution in [-0.4, -0.2) is 25.0 Å². The van der Waals surface area contributed by atoms with Gasteiger partial charge in [-0.05, 0) is 50.2 Å². The Kier molecular flexibility index (Phi) is 5.60. The van der Waals surface area contributed by atoms with Gasteiger partial charge in [-0.2, -0.15) is 0 Å². The van der Waals surface area contributed by atoms with Crippen LogP contribution in [0, 0.1) is 0 Å². The zero-order valence-corrected chi connectivity index (χ0v) is 12.6. The molecule has 0 saturated heterocycles. The molecule has 110 valence electrons. The normalized spacial score (nSPS) is 17.9. The molecule has 0 aromatic heterocycles. The third kappa shape index (κ3) is 4.34. The Balaban J connectivity index is 1.74. The van der Waals surface area contributed by atoms with Gasteiger partial charge in [0.25, 0.3) is 0 Å². The summed E-state index contributed by atoms with van der Waals surface area (Å²) in [6, 6.07) is 9.00. The van der Waals surface area contributed by atoms with E-state index in [1.165, 1.54) is 30.4 Å². The first kappa shape index (κ1) is 15.0. The molecule has 1 amide bonds. The van der Waals surface area contributed by atoms with Gasteiger partial charge in [0.05, 0.1) is 0 Å². The predicted octanol–water partition coefficient (Wildman–Crippen LogP) is 2.61. The van der Waals surface area contributed by atoms with Crippen molar-refractivity contribution < 1.29 is 4.79 Å². The lowest BCUT2D eigenvalue weighted by molar-refractivity contribution is -0.121. The largest absolute Gasteiger partial charge is 0.354 e. The van der Waals surface area contributed by atoms with Gasteiger partial charge in [-0.25, -0.2) is 0 Å². The first-order chi connectivity index (χ1) is 9.66. The van der Waals surface area contributed by atoms with Crippen molar-refractivity contribution in [1.29, 1.82) is 0 Å². The van der Waals surface area contributed by atoms with Gasteiger partial charge in [-0.3, -0.25) is 4.79 Å². The van der Waals surface area contributed by atoms with Crippen molar-refractivity contribution in [1.82, 2.24) is 10.6 Å². The highest BCUT2D eigenvalue weighted by atomic mass is 16.1. The minimum absolute atomic E-state index is 0.136. The second-order valence-corrected chi connectivity index (χ2v) is 5.96. The summed E-state index contributed by atoms with van der Waals surface area (Å²) < 4.78 is 0. The van der Waals surface area contributed by atoms with Crippen molar-refractivity contribution in [2.24, 2.45) is 0 Å². The van der Waals surface area contributed by atoms with Crippen LogP contribution in [0.25, 0.3) is 0 Å². The molecule has 3 heteroatoms. The van der Waals surface area contributed by atoms with E-state index >= 15 is 0 Å². The molecule has 0 bridgehead atoms. The number of rotatable bonds is 6. The zero-order chi connectivity index (χ0) is 14.4. The lowest BCUT2D eigenvalue weighted by Gasteiger charge is -2.25. The second kappa shape index (κ2) is 7.44. The maximum Gasteiger partial charge on any atom is 0.221 e. The molecule has 1 aromatic rings. The van der Waals surface area contributed by atoms with Gasteiger partial charge in [0.15, 0.2) is 0 Å². The van der Waals surface area contributed by atoms with Crippen LogP contribution in [-0.2, 0) is 11.2 Å². The number of carbonyl (C=O) groups excluding carboxylic acids is 1. The number of hydrogen-bond donors (Lipinski definition) is 2. The molecule has 3 nitrogen and oxygen atoms in total. The number of nitrogens with one attached hydrogen (secondary N) is 2. The Bertz CT molecular complexity index is 442. The lowest BCUT2D eigenvalue weighted by atomic mass is 9.83. The van der Waals surface area contributed by atoms with Crippen molar-refractivity contribution >= 4 is 5.91 Å². The van der Waals surface area contributed by atoms with E-state index in [1.54, 1.807) is 0 Å². The fourth-order valence-corrected chi connectivity index (χ4v) is 2.94. The zero-order valence-electron chi connectivity index (χ0n) is 12.6. The number of hydrogen-bond acceptors (Lipinski definition) is 2. The summed E-state index contributed by atoms with van der Waals surface area (Å²) in [6.07, 6.45) is 4.30. The summed E-state index contributed by atoms with van der Waals surface area (Å²) in [5.74, 6) is 0.740. The van der Waals surface area contributed by atoms with E-state index in [-0.39, 0.29) is 11.9 Å². The number of carbonyl (C=O) groups is 1. The topological polar surface area (TPSA) is 41.1 Å². The van der Waals surface area contributed by atoms with Gasteiger partial charge in [-0.1, -0.05) is 24.3 Å². The van der Waals surface area contributed by atoms with Gasteiger partial charge in [0.1, 0.15) is 0 Å². The molecule has 0 heterocycles. The highest BCUT2D eigenvalue weighted by molar-refractivity contribution is 5.76. The number of fused-ring (bicyclic) bond motifs is 1. The molecule has 0 radical (unpaired) electrons. The smallest absolute Gasteiger partial charge is 0.221 e. The van der Waals surface area contributed by atoms with Crippen LogP contribution in [0.4, 0.5) is 0 Å². The molecule has 1 aliphatic rings. The van der Waals surface area contributed by atoms with Crippen LogP contribution >= 0.6 is 0 Å². The van der Waals surface area contributed by atoms with E-state index in [2.05, 4.69) is 34.9 Å². The molecular formula is C17H26N2O. The maximum atomic E-state index is 11.6. The predicted molar refractivity (Wildman–Crippen MR) is 82.9 cm³/mol. The Morgan fingerprint density at radius 1 is 1.35 bits per heavy atom. The molecule has 20 heavy (non-hydrogen) atoms. The van der Waals surface area contributed by atoms with Gasteiger partial charge in [0, 0.05) is 25.6 Å². The average molecular weight is 274 g/mol. The minimum atomic E-state index is 0.136. The summed E-state index contributed by atoms with van der Waals surface area (Å²) in [5, 5.41) is 6.36. The van der Waals surface area contributed by atoms with E-state index in [0.717, 1.165) is 13.1 Å². The maximum absolute atomic E-state index is 11.6. The number of amides is 1. The molecular weight excluding hydrogens is 248 g/mol. The SMILES string of the molecule is CC(C)NC(=O)CCNC[C@H]1CCCc2ccccc21. The van der Waals surface area contributed by atoms with Crippen molar-refractivity contribution in [3.05, 3.63) is 35.4 Å². The first-order valence-electron chi connectivity index (χ1n) is 7.74. The summed E-state index contributed by atoms with van der Waals surface area (Å²) in [5.41, 5.74) is 3.00. The summed E-state index contributed by atoms with van der Waals surface area (Å²) in [7, 11) is 0. The highest BCUT2D eigenvalue weighted by Crippen LogP contribution is 2.30. The lowest BCUT2D eigenvalue weighted by Crippen LogP contribution is -2.33. The Labute approximate surface area is 122 Å². The highest BCUT2D eigenvalue weighted by Gasteiger charge is 2.19. The van der Waals surface area contributed by atoms with E-state index in [4.69, 9.17) is 0 Å². The standard InChI is InChI=1S/C17H26N2O/c1-13(2)19-17(20)10-11-18-12-15-8-5-7-14-6-3-4-9-16(14)15/h3-4,6,9,13,15,18H,5,7-8,10-12H2,1-2H3,(H,19,20)/t15-/m1/s1. The molecule has 0 saturated carbocycles. The van der Waals surface area contributed by atoms with E-state index < -0.39 is 0 Å². The van der Waals surface area contributed by atoms with Gasteiger partial charge in [0.2, 0.25) is 5.91 Å². The molecule has 1 aliphatic carbocycles. The fraction of sp³-hybridized carbons (Fsp3) is 0.588. The van der Waals surface area contributed by atoms with Gasteiger partial charge in [-0.15, -0.1) is 0 Å². The van der Waals surface area contributed by atoms with Crippen LogP contribution in [0.15, 0.2) is 24.3 Å². The van der Waals surface area contributed by atoms with Crippen molar-refractivity contribution in [3.8, 4) is 0 Å². The van der Waals surface area contributed by atoms with Crippen LogP contribution < -0.4 is 10.6 Å². The average Bonchev–Trinajstić information content (AvgIpc) is 2.43. The van der Waals surface area contributed by atoms with E-state index in [0.29, 0.717) is 12.3 Å². The second-order valence-electron chi connectivity index (χ2n) is 5.96. The van der Waals surface area contributed by atoms with Crippen molar-refractivity contribution in [3.63, 3.8) is 0 Å². The first-order valence-corrected chi connectivity index (χ1v) is 7.74. The van der Waals surface area contributed by atoms with E-state index in [9.17, 15) is 4.79 Å². The van der Waals surface area contributed by atoms with Crippen molar-refractivity contribution in [2.45, 2.75) is 51.5 Å². The number of benzene rings is 1. The van der Waals surface area contributed by atoms with Gasteiger partial charge >= 0.3 is 0 Å². The summed E-state index contributed by atoms with van der Waals surface area (Å²) >= 11 is 0. The van der Waals surface area contributed by atoms with Crippen LogP contribution in [0.5, 0.6) is 0 Å². The third-order valence-electron chi connectivity index (χ3n) is 3.86. The minimum Gasteiger partial charge on any atom is -0.354 e. The van der Waals surface area contributed by atoms with Crippen LogP contribution in [0.1, 0.15) is 50.2 Å². The van der Waals surface area contributed by atoms with Gasteiger partial charge < -0.3 is 10.6 Å². The Morgan fingerprint density at radius 2 is 2.15 bits per heavy atom. The Morgan fingerprint density at radius 3 is 2.95 bits per heavy atom. The van der Waals surface area contributed by atoms with Crippen LogP contribution in [0.2, 0.25) is 0 Å². The molecule has 0 spiro atoms. The molecule has 0 fully saturated rings. The molecule has 2 rings (SSSR count). The summed E-state index contributed by atoms with van der Waals surface area (Å²) in [4.78, 5) is 11.6. The van der Waals surface area contributed by atoms with Crippen molar-refractivity contribution in [2.75, 3.05) is 13.1 Å². The monoisotopic (exact) mass is 274 g/mol. The third-order valence-corrected chi connectivity index (χ3v) is 3.86. The fourth-order valence-electron chi connectivity index (χ4n) is 2.94. The quantitative estimate of drug-likeness (QED) is 0.783.